The zero-order chi connectivity index (χ0) is 22.5. The monoisotopic (exact) mass is 430 g/mol. The largest absolute Gasteiger partial charge is 0.492 e. The van der Waals surface area contributed by atoms with E-state index in [1.54, 1.807) is 6.33 Å². The number of likely N-dealkylation sites (tertiary alicyclic amines) is 1. The average Bonchev–Trinajstić information content (AvgIpc) is 3.28. The molecule has 2 aromatic carbocycles. The number of rotatable bonds is 7. The molecule has 166 valence electrons. The SMILES string of the molecule is Cc1cccc(C(=O)Nc2ccc(OCCN3CCCC3)c(-c3c(C)ncnc3C)c2)c1. The van der Waals surface area contributed by atoms with Crippen molar-refractivity contribution in [1.82, 2.24) is 14.9 Å². The third-order valence-corrected chi connectivity index (χ3v) is 5.88. The molecule has 6 heteroatoms. The van der Waals surface area contributed by atoms with E-state index in [9.17, 15) is 4.79 Å². The molecule has 1 amide bonds. The summed E-state index contributed by atoms with van der Waals surface area (Å²) in [7, 11) is 0. The molecule has 1 fully saturated rings. The molecule has 1 aromatic heterocycles. The van der Waals surface area contributed by atoms with E-state index in [-0.39, 0.29) is 5.91 Å². The lowest BCUT2D eigenvalue weighted by molar-refractivity contribution is 0.102. The molecule has 0 aliphatic carbocycles. The Morgan fingerprint density at radius 3 is 2.50 bits per heavy atom. The lowest BCUT2D eigenvalue weighted by atomic mass is 10.0. The van der Waals surface area contributed by atoms with E-state index in [0.29, 0.717) is 17.9 Å². The summed E-state index contributed by atoms with van der Waals surface area (Å²) in [6.07, 6.45) is 4.10. The summed E-state index contributed by atoms with van der Waals surface area (Å²) in [5.41, 5.74) is 5.98. The Hall–Kier alpha value is -3.25. The number of hydrogen-bond acceptors (Lipinski definition) is 5. The Morgan fingerprint density at radius 1 is 1.03 bits per heavy atom. The van der Waals surface area contributed by atoms with Crippen LogP contribution in [0.2, 0.25) is 0 Å². The molecule has 0 atom stereocenters. The third kappa shape index (κ3) is 5.14. The second kappa shape index (κ2) is 9.92. The lowest BCUT2D eigenvalue weighted by Gasteiger charge is -2.18. The Bertz CT molecular complexity index is 1090. The van der Waals surface area contributed by atoms with E-state index < -0.39 is 0 Å². The van der Waals surface area contributed by atoms with Gasteiger partial charge in [0.25, 0.3) is 5.91 Å². The smallest absolute Gasteiger partial charge is 0.255 e. The van der Waals surface area contributed by atoms with Gasteiger partial charge in [-0.3, -0.25) is 9.69 Å². The topological polar surface area (TPSA) is 67.3 Å². The lowest BCUT2D eigenvalue weighted by Crippen LogP contribution is -2.25. The van der Waals surface area contributed by atoms with Gasteiger partial charge in [-0.2, -0.15) is 0 Å². The molecule has 1 N–H and O–H groups in total. The van der Waals surface area contributed by atoms with Crippen molar-refractivity contribution in [2.45, 2.75) is 33.6 Å². The molecular formula is C26H30N4O2. The highest BCUT2D eigenvalue weighted by Crippen LogP contribution is 2.35. The number of benzene rings is 2. The number of nitrogens with zero attached hydrogens (tertiary/aromatic N) is 3. The van der Waals surface area contributed by atoms with Crippen LogP contribution in [0, 0.1) is 20.8 Å². The van der Waals surface area contributed by atoms with Gasteiger partial charge in [-0.05, 0) is 77.0 Å². The molecule has 0 spiro atoms. The summed E-state index contributed by atoms with van der Waals surface area (Å²) >= 11 is 0. The summed E-state index contributed by atoms with van der Waals surface area (Å²) in [4.78, 5) is 24.0. The fourth-order valence-corrected chi connectivity index (χ4v) is 4.19. The molecule has 0 saturated carbocycles. The van der Waals surface area contributed by atoms with Crippen molar-refractivity contribution in [3.8, 4) is 16.9 Å². The van der Waals surface area contributed by atoms with Crippen molar-refractivity contribution >= 4 is 11.6 Å². The zero-order valence-corrected chi connectivity index (χ0v) is 19.0. The molecular weight excluding hydrogens is 400 g/mol. The maximum Gasteiger partial charge on any atom is 0.255 e. The highest BCUT2D eigenvalue weighted by atomic mass is 16.5. The van der Waals surface area contributed by atoms with Crippen molar-refractivity contribution in [1.29, 1.82) is 0 Å². The van der Waals surface area contributed by atoms with Crippen LogP contribution in [0.15, 0.2) is 48.8 Å². The zero-order valence-electron chi connectivity index (χ0n) is 19.0. The van der Waals surface area contributed by atoms with Crippen molar-refractivity contribution in [2.75, 3.05) is 31.6 Å². The number of carbonyl (C=O) groups is 1. The maximum absolute atomic E-state index is 12.8. The molecule has 6 nitrogen and oxygen atoms in total. The number of nitrogens with one attached hydrogen (secondary N) is 1. The molecule has 3 aromatic rings. The Balaban J connectivity index is 1.61. The first-order valence-corrected chi connectivity index (χ1v) is 11.2. The Morgan fingerprint density at radius 2 is 1.78 bits per heavy atom. The number of amides is 1. The minimum atomic E-state index is -0.139. The van der Waals surface area contributed by atoms with E-state index >= 15 is 0 Å². The van der Waals surface area contributed by atoms with Gasteiger partial charge in [0.15, 0.2) is 0 Å². The van der Waals surface area contributed by atoms with Gasteiger partial charge in [0, 0.05) is 40.3 Å². The van der Waals surface area contributed by atoms with Crippen molar-refractivity contribution in [2.24, 2.45) is 0 Å². The first-order valence-electron chi connectivity index (χ1n) is 11.2. The first kappa shape index (κ1) is 22.0. The first-order chi connectivity index (χ1) is 15.5. The number of ether oxygens (including phenoxy) is 1. The van der Waals surface area contributed by atoms with Crippen LogP contribution in [-0.4, -0.2) is 47.0 Å². The quantitative estimate of drug-likeness (QED) is 0.583. The van der Waals surface area contributed by atoms with Gasteiger partial charge in [0.2, 0.25) is 0 Å². The molecule has 0 radical (unpaired) electrons. The van der Waals surface area contributed by atoms with Crippen LogP contribution < -0.4 is 10.1 Å². The van der Waals surface area contributed by atoms with Crippen LogP contribution in [-0.2, 0) is 0 Å². The summed E-state index contributed by atoms with van der Waals surface area (Å²) in [5, 5.41) is 3.02. The highest BCUT2D eigenvalue weighted by Gasteiger charge is 2.17. The summed E-state index contributed by atoms with van der Waals surface area (Å²) in [6.45, 7) is 9.73. The van der Waals surface area contributed by atoms with E-state index in [0.717, 1.165) is 53.5 Å². The second-order valence-electron chi connectivity index (χ2n) is 8.35. The van der Waals surface area contributed by atoms with Gasteiger partial charge in [-0.1, -0.05) is 17.7 Å². The van der Waals surface area contributed by atoms with Crippen LogP contribution in [0.25, 0.3) is 11.1 Å². The number of aromatic nitrogens is 2. The average molecular weight is 431 g/mol. The summed E-state index contributed by atoms with van der Waals surface area (Å²) < 4.78 is 6.21. The molecule has 32 heavy (non-hydrogen) atoms. The van der Waals surface area contributed by atoms with Crippen LogP contribution in [0.4, 0.5) is 5.69 Å². The van der Waals surface area contributed by atoms with E-state index in [1.165, 1.54) is 12.8 Å². The van der Waals surface area contributed by atoms with Gasteiger partial charge < -0.3 is 10.1 Å². The Kier molecular flexibility index (Phi) is 6.81. The standard InChI is InChI=1S/C26H30N4O2/c1-18-7-6-8-21(15-18)26(31)29-22-9-10-24(32-14-13-30-11-4-5-12-30)23(16-22)25-19(2)27-17-28-20(25)3/h6-10,15-17H,4-5,11-14H2,1-3H3,(H,29,31). The van der Waals surface area contributed by atoms with Gasteiger partial charge in [-0.15, -0.1) is 0 Å². The third-order valence-electron chi connectivity index (χ3n) is 5.88. The molecule has 0 bridgehead atoms. The van der Waals surface area contributed by atoms with Crippen LogP contribution >= 0.6 is 0 Å². The highest BCUT2D eigenvalue weighted by molar-refractivity contribution is 6.04. The van der Waals surface area contributed by atoms with E-state index in [2.05, 4.69) is 20.2 Å². The normalized spacial score (nSPS) is 13.8. The molecule has 4 rings (SSSR count). The van der Waals surface area contributed by atoms with E-state index in [1.807, 2.05) is 63.2 Å². The number of anilines is 1. The van der Waals surface area contributed by atoms with Gasteiger partial charge in [0.1, 0.15) is 18.7 Å². The number of carbonyl (C=O) groups excluding carboxylic acids is 1. The van der Waals surface area contributed by atoms with Crippen molar-refractivity contribution < 1.29 is 9.53 Å². The number of aryl methyl sites for hydroxylation is 3. The minimum Gasteiger partial charge on any atom is -0.492 e. The fraction of sp³-hybridized carbons (Fsp3) is 0.346. The predicted molar refractivity (Wildman–Crippen MR) is 127 cm³/mol. The minimum absolute atomic E-state index is 0.139. The summed E-state index contributed by atoms with van der Waals surface area (Å²) in [6, 6.07) is 13.3. The van der Waals surface area contributed by atoms with Crippen LogP contribution in [0.5, 0.6) is 5.75 Å². The van der Waals surface area contributed by atoms with Crippen molar-refractivity contribution in [3.63, 3.8) is 0 Å². The van der Waals surface area contributed by atoms with Crippen LogP contribution in [0.1, 0.15) is 40.2 Å². The van der Waals surface area contributed by atoms with Gasteiger partial charge in [-0.25, -0.2) is 9.97 Å². The fourth-order valence-electron chi connectivity index (χ4n) is 4.19. The second-order valence-corrected chi connectivity index (χ2v) is 8.35. The predicted octanol–water partition coefficient (Wildman–Crippen LogP) is 4.80. The van der Waals surface area contributed by atoms with Crippen molar-refractivity contribution in [3.05, 3.63) is 71.3 Å². The van der Waals surface area contributed by atoms with Gasteiger partial charge in [0.05, 0.1) is 0 Å². The molecule has 1 saturated heterocycles. The summed E-state index contributed by atoms with van der Waals surface area (Å²) in [5.74, 6) is 0.638. The molecule has 0 unspecified atom stereocenters. The number of hydrogen-bond donors (Lipinski definition) is 1. The van der Waals surface area contributed by atoms with Crippen LogP contribution in [0.3, 0.4) is 0 Å². The van der Waals surface area contributed by atoms with Gasteiger partial charge >= 0.3 is 0 Å². The molecule has 1 aliphatic heterocycles. The molecule has 1 aliphatic rings. The Labute approximate surface area is 189 Å². The maximum atomic E-state index is 12.8. The van der Waals surface area contributed by atoms with E-state index in [4.69, 9.17) is 4.74 Å². The molecule has 2 heterocycles.